The third-order valence-corrected chi connectivity index (χ3v) is 7.91. The van der Waals surface area contributed by atoms with Crippen molar-refractivity contribution >= 4 is 43.0 Å². The summed E-state index contributed by atoms with van der Waals surface area (Å²) >= 11 is 0. The number of methoxy groups -OCH3 is 3. The van der Waals surface area contributed by atoms with Crippen LogP contribution < -0.4 is 28.6 Å². The minimum atomic E-state index is -3.95. The molecular formula is C25H29N3O8S2. The number of rotatable bonds is 11. The average molecular weight is 564 g/mol. The quantitative estimate of drug-likeness (QED) is 0.362. The molecule has 3 aromatic rings. The van der Waals surface area contributed by atoms with E-state index >= 15 is 0 Å². The highest BCUT2D eigenvalue weighted by molar-refractivity contribution is 7.92. The molecule has 0 spiro atoms. The molecule has 13 heteroatoms. The van der Waals surface area contributed by atoms with Crippen LogP contribution in [0.3, 0.4) is 0 Å². The lowest BCUT2D eigenvalue weighted by Crippen LogP contribution is -2.37. The van der Waals surface area contributed by atoms with Crippen LogP contribution in [0.4, 0.5) is 17.1 Å². The van der Waals surface area contributed by atoms with Crippen molar-refractivity contribution in [3.05, 3.63) is 66.2 Å². The summed E-state index contributed by atoms with van der Waals surface area (Å²) in [5.74, 6) is 0.434. The zero-order chi connectivity index (χ0) is 28.1. The predicted molar refractivity (Wildman–Crippen MR) is 145 cm³/mol. The summed E-state index contributed by atoms with van der Waals surface area (Å²) in [7, 11) is -3.48. The van der Waals surface area contributed by atoms with Crippen molar-refractivity contribution in [3.8, 4) is 17.2 Å². The highest BCUT2D eigenvalue weighted by atomic mass is 32.2. The lowest BCUT2D eigenvalue weighted by atomic mass is 10.2. The molecule has 204 valence electrons. The molecule has 0 radical (unpaired) electrons. The molecule has 0 atom stereocenters. The number of anilines is 3. The van der Waals surface area contributed by atoms with E-state index in [0.717, 1.165) is 16.1 Å². The van der Waals surface area contributed by atoms with Crippen LogP contribution in [0.5, 0.6) is 17.2 Å². The molecule has 38 heavy (non-hydrogen) atoms. The maximum Gasteiger partial charge on any atom is 0.262 e. The monoisotopic (exact) mass is 563 g/mol. The minimum Gasteiger partial charge on any atom is -0.495 e. The Labute approximate surface area is 222 Å². The van der Waals surface area contributed by atoms with Crippen LogP contribution in [0.1, 0.15) is 5.56 Å². The van der Waals surface area contributed by atoms with E-state index in [1.54, 1.807) is 18.2 Å². The molecule has 11 nitrogen and oxygen atoms in total. The summed E-state index contributed by atoms with van der Waals surface area (Å²) in [6.07, 6.45) is 0.979. The number of amides is 1. The molecule has 0 aliphatic heterocycles. The molecule has 0 fully saturated rings. The van der Waals surface area contributed by atoms with Crippen molar-refractivity contribution < 1.29 is 35.8 Å². The van der Waals surface area contributed by atoms with Gasteiger partial charge in [-0.25, -0.2) is 16.8 Å². The molecule has 0 bridgehead atoms. The van der Waals surface area contributed by atoms with Crippen LogP contribution in [0.2, 0.25) is 0 Å². The summed E-state index contributed by atoms with van der Waals surface area (Å²) in [5, 5.41) is 2.58. The molecule has 0 aliphatic carbocycles. The van der Waals surface area contributed by atoms with Gasteiger partial charge in [0.05, 0.1) is 43.9 Å². The van der Waals surface area contributed by atoms with Crippen molar-refractivity contribution in [2.24, 2.45) is 0 Å². The van der Waals surface area contributed by atoms with Gasteiger partial charge in [0.15, 0.2) is 11.5 Å². The van der Waals surface area contributed by atoms with E-state index in [4.69, 9.17) is 14.2 Å². The van der Waals surface area contributed by atoms with E-state index in [1.807, 2.05) is 6.92 Å². The second-order valence-corrected chi connectivity index (χ2v) is 11.8. The number of hydrogen-bond donors (Lipinski definition) is 2. The Morgan fingerprint density at radius 2 is 1.42 bits per heavy atom. The average Bonchev–Trinajstić information content (AvgIpc) is 2.86. The smallest absolute Gasteiger partial charge is 0.262 e. The maximum absolute atomic E-state index is 12.9. The summed E-state index contributed by atoms with van der Waals surface area (Å²) in [4.78, 5) is 12.7. The van der Waals surface area contributed by atoms with Crippen LogP contribution in [0.25, 0.3) is 0 Å². The molecule has 0 saturated carbocycles. The van der Waals surface area contributed by atoms with Gasteiger partial charge in [0.2, 0.25) is 15.9 Å². The molecule has 1 amide bonds. The van der Waals surface area contributed by atoms with E-state index in [-0.39, 0.29) is 16.3 Å². The Balaban J connectivity index is 1.76. The van der Waals surface area contributed by atoms with Gasteiger partial charge < -0.3 is 19.5 Å². The van der Waals surface area contributed by atoms with Gasteiger partial charge in [0, 0.05) is 11.8 Å². The molecule has 0 aromatic heterocycles. The number of sulfonamides is 2. The first-order valence-corrected chi connectivity index (χ1v) is 14.5. The van der Waals surface area contributed by atoms with Crippen LogP contribution in [0, 0.1) is 6.92 Å². The van der Waals surface area contributed by atoms with Gasteiger partial charge >= 0.3 is 0 Å². The Morgan fingerprint density at radius 3 is 2.00 bits per heavy atom. The van der Waals surface area contributed by atoms with Gasteiger partial charge in [-0.2, -0.15) is 0 Å². The molecular weight excluding hydrogens is 534 g/mol. The third-order valence-electron chi connectivity index (χ3n) is 5.39. The number of aryl methyl sites for hydroxylation is 1. The first-order valence-electron chi connectivity index (χ1n) is 11.1. The van der Waals surface area contributed by atoms with Gasteiger partial charge in [-0.15, -0.1) is 0 Å². The van der Waals surface area contributed by atoms with Gasteiger partial charge in [-0.1, -0.05) is 6.07 Å². The highest BCUT2D eigenvalue weighted by Gasteiger charge is 2.23. The van der Waals surface area contributed by atoms with Gasteiger partial charge in [-0.3, -0.25) is 13.8 Å². The topological polar surface area (TPSA) is 140 Å². The normalized spacial score (nSPS) is 11.4. The van der Waals surface area contributed by atoms with E-state index in [1.165, 1.54) is 63.8 Å². The van der Waals surface area contributed by atoms with Gasteiger partial charge in [0.25, 0.3) is 10.0 Å². The van der Waals surface area contributed by atoms with Crippen molar-refractivity contribution in [3.63, 3.8) is 0 Å². The summed E-state index contributed by atoms with van der Waals surface area (Å²) in [6, 6.07) is 15.0. The molecule has 0 aliphatic rings. The number of carbonyl (C=O) groups is 1. The van der Waals surface area contributed by atoms with E-state index in [9.17, 15) is 21.6 Å². The Kier molecular flexibility index (Phi) is 8.74. The zero-order valence-electron chi connectivity index (χ0n) is 21.5. The molecule has 0 heterocycles. The molecule has 0 saturated heterocycles. The van der Waals surface area contributed by atoms with E-state index in [0.29, 0.717) is 22.9 Å². The minimum absolute atomic E-state index is 0.0397. The number of ether oxygens (including phenoxy) is 3. The fraction of sp³-hybridized carbons (Fsp3) is 0.240. The first-order chi connectivity index (χ1) is 17.9. The SMILES string of the molecule is COc1ccc(C)cc1NS(=O)(=O)c1ccc(NC(=O)CN(c2ccc(OC)c(OC)c2)S(C)(=O)=O)cc1. The molecule has 3 rings (SSSR count). The largest absolute Gasteiger partial charge is 0.495 e. The standard InChI is InChI=1S/C25H29N3O8S2/c1-17-6-12-22(34-2)21(14-17)27-38(32,33)20-10-7-18(8-11-20)26-25(29)16-28(37(5,30)31)19-9-13-23(35-3)24(15-19)36-4/h6-15,27H,16H2,1-5H3,(H,26,29). The molecule has 3 aromatic carbocycles. The van der Waals surface area contributed by atoms with Crippen molar-refractivity contribution in [1.29, 1.82) is 0 Å². The van der Waals surface area contributed by atoms with Crippen LogP contribution in [0.15, 0.2) is 65.6 Å². The fourth-order valence-electron chi connectivity index (χ4n) is 3.53. The summed E-state index contributed by atoms with van der Waals surface area (Å²) < 4.78 is 69.7. The zero-order valence-corrected chi connectivity index (χ0v) is 23.1. The molecule has 2 N–H and O–H groups in total. The number of carbonyl (C=O) groups excluding carboxylic acids is 1. The lowest BCUT2D eigenvalue weighted by molar-refractivity contribution is -0.114. The Bertz CT molecular complexity index is 1520. The number of hydrogen-bond acceptors (Lipinski definition) is 8. The predicted octanol–water partition coefficient (Wildman–Crippen LogP) is 3.23. The fourth-order valence-corrected chi connectivity index (χ4v) is 5.44. The maximum atomic E-state index is 12.9. The second-order valence-electron chi connectivity index (χ2n) is 8.19. The lowest BCUT2D eigenvalue weighted by Gasteiger charge is -2.23. The number of nitrogens with zero attached hydrogens (tertiary/aromatic N) is 1. The van der Waals surface area contributed by atoms with Crippen LogP contribution >= 0.6 is 0 Å². The summed E-state index contributed by atoms with van der Waals surface area (Å²) in [5.41, 5.74) is 1.63. The van der Waals surface area contributed by atoms with Gasteiger partial charge in [0.1, 0.15) is 12.3 Å². The van der Waals surface area contributed by atoms with Gasteiger partial charge in [-0.05, 0) is 61.0 Å². The van der Waals surface area contributed by atoms with E-state index in [2.05, 4.69) is 10.0 Å². The van der Waals surface area contributed by atoms with E-state index < -0.39 is 32.5 Å². The Morgan fingerprint density at radius 1 is 0.816 bits per heavy atom. The Hall–Kier alpha value is -3.97. The number of nitrogens with one attached hydrogen (secondary N) is 2. The van der Waals surface area contributed by atoms with Crippen molar-refractivity contribution in [2.45, 2.75) is 11.8 Å². The molecule has 0 unspecified atom stereocenters. The summed E-state index contributed by atoms with van der Waals surface area (Å²) in [6.45, 7) is 1.30. The third kappa shape index (κ3) is 6.86. The van der Waals surface area contributed by atoms with Crippen LogP contribution in [-0.4, -0.2) is 56.9 Å². The van der Waals surface area contributed by atoms with Crippen LogP contribution in [-0.2, 0) is 24.8 Å². The first kappa shape index (κ1) is 28.6. The highest BCUT2D eigenvalue weighted by Crippen LogP contribution is 2.32. The van der Waals surface area contributed by atoms with Crippen molar-refractivity contribution in [2.75, 3.05) is 48.5 Å². The second kappa shape index (κ2) is 11.6. The van der Waals surface area contributed by atoms with Crippen molar-refractivity contribution in [1.82, 2.24) is 0 Å². The number of benzene rings is 3.